The number of carbonyl (C=O) groups is 1. The normalized spacial score (nSPS) is 14.4. The summed E-state index contributed by atoms with van der Waals surface area (Å²) in [6.07, 6.45) is -0.604. The molecule has 0 fully saturated rings. The molecule has 1 aromatic rings. The Morgan fingerprint density at radius 2 is 2.24 bits per heavy atom. The summed E-state index contributed by atoms with van der Waals surface area (Å²) in [6.45, 7) is 5.43. The van der Waals surface area contributed by atoms with Crippen LogP contribution in [0.1, 0.15) is 31.5 Å². The Hall–Kier alpha value is -1.53. The summed E-state index contributed by atoms with van der Waals surface area (Å²) in [5, 5.41) is 9.56. The minimum absolute atomic E-state index is 0.0133. The Morgan fingerprint density at radius 1 is 1.59 bits per heavy atom. The van der Waals surface area contributed by atoms with Gasteiger partial charge in [0.1, 0.15) is 17.6 Å². The fourth-order valence-electron chi connectivity index (χ4n) is 1.46. The number of hydrogen-bond donors (Lipinski definition) is 2. The molecule has 1 rings (SSSR count). The number of carbonyl (C=O) groups excluding carboxylic acids is 1. The maximum atomic E-state index is 10.6. The van der Waals surface area contributed by atoms with Gasteiger partial charge in [0.15, 0.2) is 0 Å². The van der Waals surface area contributed by atoms with Crippen molar-refractivity contribution in [1.29, 1.82) is 0 Å². The first-order valence-corrected chi connectivity index (χ1v) is 5.37. The van der Waals surface area contributed by atoms with Gasteiger partial charge in [0.05, 0.1) is 12.6 Å². The fourth-order valence-corrected chi connectivity index (χ4v) is 1.46. The largest absolute Gasteiger partial charge is 0.464 e. The van der Waals surface area contributed by atoms with Crippen LogP contribution in [0.5, 0.6) is 0 Å². The van der Waals surface area contributed by atoms with Gasteiger partial charge in [-0.05, 0) is 32.9 Å². The van der Waals surface area contributed by atoms with Gasteiger partial charge in [-0.3, -0.25) is 5.21 Å². The van der Waals surface area contributed by atoms with Crippen molar-refractivity contribution in [3.63, 3.8) is 0 Å². The highest BCUT2D eigenvalue weighted by molar-refractivity contribution is 5.70. The number of furan rings is 1. The Morgan fingerprint density at radius 3 is 2.71 bits per heavy atom. The number of primary amides is 1. The number of nitrogens with zero attached hydrogens (tertiary/aromatic N) is 1. The van der Waals surface area contributed by atoms with Gasteiger partial charge in [-0.15, -0.1) is 0 Å². The van der Waals surface area contributed by atoms with Crippen molar-refractivity contribution in [3.05, 3.63) is 23.7 Å². The van der Waals surface area contributed by atoms with E-state index in [1.54, 1.807) is 6.92 Å². The van der Waals surface area contributed by atoms with Crippen LogP contribution >= 0.6 is 0 Å². The molecule has 1 aromatic heterocycles. The van der Waals surface area contributed by atoms with Gasteiger partial charge in [-0.25, -0.2) is 9.86 Å². The molecule has 0 radical (unpaired) electrons. The van der Waals surface area contributed by atoms with Crippen LogP contribution in [0.25, 0.3) is 0 Å². The maximum absolute atomic E-state index is 10.6. The summed E-state index contributed by atoms with van der Waals surface area (Å²) >= 11 is 0. The molecule has 6 heteroatoms. The zero-order valence-corrected chi connectivity index (χ0v) is 10.2. The van der Waals surface area contributed by atoms with Crippen molar-refractivity contribution >= 4 is 6.03 Å². The van der Waals surface area contributed by atoms with Crippen LogP contribution in [-0.2, 0) is 4.74 Å². The lowest BCUT2D eigenvalue weighted by atomic mass is 10.3. The predicted octanol–water partition coefficient (Wildman–Crippen LogP) is 1.82. The molecule has 96 valence electrons. The van der Waals surface area contributed by atoms with Crippen molar-refractivity contribution in [2.75, 3.05) is 6.54 Å². The van der Waals surface area contributed by atoms with Gasteiger partial charge in [0, 0.05) is 0 Å². The predicted molar refractivity (Wildman–Crippen MR) is 60.5 cm³/mol. The summed E-state index contributed by atoms with van der Waals surface area (Å²) in [6, 6.07) is 2.78. The topological polar surface area (TPSA) is 88.9 Å². The van der Waals surface area contributed by atoms with Crippen LogP contribution < -0.4 is 5.73 Å². The lowest BCUT2D eigenvalue weighted by Crippen LogP contribution is -2.38. The van der Waals surface area contributed by atoms with Crippen LogP contribution in [0.4, 0.5) is 4.79 Å². The molecule has 2 amide bonds. The molecule has 17 heavy (non-hydrogen) atoms. The molecule has 0 aromatic carbocycles. The summed E-state index contributed by atoms with van der Waals surface area (Å²) in [7, 11) is 0. The Balaban J connectivity index is 2.46. The number of ether oxygens (including phenoxy) is 1. The number of nitrogens with two attached hydrogens (primary N) is 1. The highest BCUT2D eigenvalue weighted by Gasteiger charge is 2.17. The molecular weight excluding hydrogens is 224 g/mol. The first-order valence-electron chi connectivity index (χ1n) is 5.37. The lowest BCUT2D eigenvalue weighted by Gasteiger charge is -2.21. The van der Waals surface area contributed by atoms with E-state index >= 15 is 0 Å². The minimum atomic E-state index is -0.901. The zero-order chi connectivity index (χ0) is 13.0. The second-order valence-electron chi connectivity index (χ2n) is 3.96. The van der Waals surface area contributed by atoms with E-state index in [9.17, 15) is 4.79 Å². The molecule has 0 aliphatic rings. The van der Waals surface area contributed by atoms with E-state index in [1.807, 2.05) is 26.0 Å². The third-order valence-corrected chi connectivity index (χ3v) is 2.28. The first-order chi connectivity index (χ1) is 7.90. The van der Waals surface area contributed by atoms with Gasteiger partial charge in [-0.1, -0.05) is 0 Å². The summed E-state index contributed by atoms with van der Waals surface area (Å²) in [4.78, 5) is 10.6. The van der Waals surface area contributed by atoms with Crippen LogP contribution in [0.2, 0.25) is 0 Å². The molecule has 1 heterocycles. The van der Waals surface area contributed by atoms with Crippen LogP contribution in [-0.4, -0.2) is 29.0 Å². The van der Waals surface area contributed by atoms with E-state index in [-0.39, 0.29) is 18.8 Å². The zero-order valence-electron chi connectivity index (χ0n) is 10.2. The quantitative estimate of drug-likeness (QED) is 0.609. The molecule has 0 saturated carbocycles. The van der Waals surface area contributed by atoms with Crippen molar-refractivity contribution in [1.82, 2.24) is 5.06 Å². The second-order valence-corrected chi connectivity index (χ2v) is 3.96. The summed E-state index contributed by atoms with van der Waals surface area (Å²) < 4.78 is 11.0. The maximum Gasteiger partial charge on any atom is 0.338 e. The third kappa shape index (κ3) is 4.08. The number of hydroxylamine groups is 2. The van der Waals surface area contributed by atoms with E-state index in [2.05, 4.69) is 0 Å². The van der Waals surface area contributed by atoms with E-state index in [4.69, 9.17) is 20.1 Å². The average Bonchev–Trinajstić information content (AvgIpc) is 2.64. The molecule has 0 aliphatic heterocycles. The van der Waals surface area contributed by atoms with Gasteiger partial charge in [0.25, 0.3) is 0 Å². The van der Waals surface area contributed by atoms with Crippen molar-refractivity contribution in [3.8, 4) is 0 Å². The lowest BCUT2D eigenvalue weighted by molar-refractivity contribution is -0.0928. The number of rotatable bonds is 5. The van der Waals surface area contributed by atoms with Gasteiger partial charge < -0.3 is 14.9 Å². The third-order valence-electron chi connectivity index (χ3n) is 2.28. The van der Waals surface area contributed by atoms with E-state index in [0.717, 1.165) is 5.76 Å². The SMILES string of the molecule is Cc1ccc(C(C)OC(C)CN(O)C(N)=O)o1. The monoisotopic (exact) mass is 242 g/mol. The number of hydrogen-bond acceptors (Lipinski definition) is 4. The standard InChI is InChI=1S/C11H18N2O4/c1-7-4-5-10(17-7)9(3)16-8(2)6-13(15)11(12)14/h4-5,8-9,15H,6H2,1-3H3,(H2,12,14). The Labute approximate surface area is 99.9 Å². The Kier molecular flexibility index (Phi) is 4.53. The fraction of sp³-hybridized carbons (Fsp3) is 0.545. The van der Waals surface area contributed by atoms with Crippen LogP contribution in [0.3, 0.4) is 0 Å². The Bertz CT molecular complexity index is 377. The molecule has 2 unspecified atom stereocenters. The van der Waals surface area contributed by atoms with Crippen LogP contribution in [0.15, 0.2) is 16.5 Å². The van der Waals surface area contributed by atoms with Crippen LogP contribution in [0, 0.1) is 6.92 Å². The molecule has 2 atom stereocenters. The summed E-state index contributed by atoms with van der Waals surface area (Å²) in [5.74, 6) is 1.52. The van der Waals surface area contributed by atoms with E-state index < -0.39 is 6.03 Å². The smallest absolute Gasteiger partial charge is 0.338 e. The van der Waals surface area contributed by atoms with E-state index in [0.29, 0.717) is 10.8 Å². The second kappa shape index (κ2) is 5.70. The summed E-state index contributed by atoms with van der Waals surface area (Å²) in [5.41, 5.74) is 4.89. The molecule has 0 saturated heterocycles. The van der Waals surface area contributed by atoms with Crippen molar-refractivity contribution in [2.24, 2.45) is 5.73 Å². The van der Waals surface area contributed by atoms with Gasteiger partial charge in [-0.2, -0.15) is 0 Å². The molecule has 0 spiro atoms. The first kappa shape index (κ1) is 13.5. The van der Waals surface area contributed by atoms with E-state index in [1.165, 1.54) is 0 Å². The molecule has 0 aliphatic carbocycles. The van der Waals surface area contributed by atoms with Crippen molar-refractivity contribution < 1.29 is 19.2 Å². The highest BCUT2D eigenvalue weighted by Crippen LogP contribution is 2.20. The molecule has 3 N–H and O–H groups in total. The number of aryl methyl sites for hydroxylation is 1. The number of amides is 2. The van der Waals surface area contributed by atoms with Gasteiger partial charge in [0.2, 0.25) is 0 Å². The van der Waals surface area contributed by atoms with Crippen molar-refractivity contribution in [2.45, 2.75) is 33.0 Å². The number of urea groups is 1. The minimum Gasteiger partial charge on any atom is -0.464 e. The highest BCUT2D eigenvalue weighted by atomic mass is 16.5. The molecule has 0 bridgehead atoms. The average molecular weight is 242 g/mol. The molecular formula is C11H18N2O4. The molecule has 6 nitrogen and oxygen atoms in total. The van der Waals surface area contributed by atoms with Gasteiger partial charge >= 0.3 is 6.03 Å².